The Morgan fingerprint density at radius 1 is 1.46 bits per heavy atom. The van der Waals surface area contributed by atoms with E-state index in [0.29, 0.717) is 0 Å². The molecule has 0 aromatic rings. The van der Waals surface area contributed by atoms with Crippen LogP contribution >= 0.6 is 0 Å². The molecular formula is C11H20O2. The van der Waals surface area contributed by atoms with Gasteiger partial charge >= 0.3 is 5.97 Å². The fraction of sp³-hybridized carbons (Fsp3) is 0.727. The van der Waals surface area contributed by atoms with E-state index in [0.717, 1.165) is 19.3 Å². The maximum atomic E-state index is 10.6. The quantitative estimate of drug-likeness (QED) is 0.360. The summed E-state index contributed by atoms with van der Waals surface area (Å²) in [6, 6.07) is 0. The Balaban J connectivity index is 3.26. The molecule has 0 spiro atoms. The molecule has 1 atom stereocenters. The summed E-state index contributed by atoms with van der Waals surface area (Å²) in [4.78, 5) is 10.6. The van der Waals surface area contributed by atoms with Gasteiger partial charge in [0, 0.05) is 6.92 Å². The molecule has 0 amide bonds. The van der Waals surface area contributed by atoms with Gasteiger partial charge in [-0.2, -0.15) is 0 Å². The van der Waals surface area contributed by atoms with Crippen LogP contribution in [0.25, 0.3) is 0 Å². The molecule has 0 fully saturated rings. The molecule has 0 aromatic carbocycles. The molecule has 0 N–H and O–H groups in total. The molecule has 76 valence electrons. The van der Waals surface area contributed by atoms with E-state index in [1.807, 2.05) is 13.8 Å². The van der Waals surface area contributed by atoms with Crippen LogP contribution in [0.3, 0.4) is 0 Å². The van der Waals surface area contributed by atoms with Crippen molar-refractivity contribution in [3.63, 3.8) is 0 Å². The molecule has 0 aromatic heterocycles. The SMILES string of the molecule is CC=CCCCCC(C)OC(C)=O. The van der Waals surface area contributed by atoms with Crippen molar-refractivity contribution in [3.8, 4) is 0 Å². The largest absolute Gasteiger partial charge is 0.463 e. The summed E-state index contributed by atoms with van der Waals surface area (Å²) >= 11 is 0. The highest BCUT2D eigenvalue weighted by atomic mass is 16.5. The summed E-state index contributed by atoms with van der Waals surface area (Å²) in [6.07, 6.45) is 8.70. The van der Waals surface area contributed by atoms with Gasteiger partial charge in [-0.15, -0.1) is 0 Å². The second-order valence-corrected chi connectivity index (χ2v) is 3.27. The van der Waals surface area contributed by atoms with Gasteiger partial charge in [-0.25, -0.2) is 0 Å². The Bertz CT molecular complexity index is 161. The topological polar surface area (TPSA) is 26.3 Å². The Morgan fingerprint density at radius 2 is 2.15 bits per heavy atom. The van der Waals surface area contributed by atoms with Crippen molar-refractivity contribution in [3.05, 3.63) is 12.2 Å². The second kappa shape index (κ2) is 7.84. The summed E-state index contributed by atoms with van der Waals surface area (Å²) in [5, 5.41) is 0. The average Bonchev–Trinajstić information content (AvgIpc) is 2.02. The minimum atomic E-state index is -0.180. The lowest BCUT2D eigenvalue weighted by Gasteiger charge is -2.10. The molecule has 0 saturated carbocycles. The minimum absolute atomic E-state index is 0.0723. The van der Waals surface area contributed by atoms with Gasteiger partial charge < -0.3 is 4.74 Å². The normalized spacial score (nSPS) is 13.2. The zero-order chi connectivity index (χ0) is 10.1. The van der Waals surface area contributed by atoms with Crippen molar-refractivity contribution < 1.29 is 9.53 Å². The molecule has 2 nitrogen and oxygen atoms in total. The van der Waals surface area contributed by atoms with E-state index in [2.05, 4.69) is 12.2 Å². The van der Waals surface area contributed by atoms with Crippen LogP contribution in [0.1, 0.15) is 46.5 Å². The Hall–Kier alpha value is -0.790. The molecule has 0 saturated heterocycles. The molecule has 2 heteroatoms. The number of allylic oxidation sites excluding steroid dienone is 2. The van der Waals surface area contributed by atoms with Crippen molar-refractivity contribution in [1.82, 2.24) is 0 Å². The minimum Gasteiger partial charge on any atom is -0.463 e. The number of esters is 1. The molecule has 0 radical (unpaired) electrons. The number of carbonyl (C=O) groups is 1. The number of hydrogen-bond acceptors (Lipinski definition) is 2. The second-order valence-electron chi connectivity index (χ2n) is 3.27. The van der Waals surface area contributed by atoms with E-state index in [4.69, 9.17) is 4.74 Å². The highest BCUT2D eigenvalue weighted by Crippen LogP contribution is 2.06. The lowest BCUT2D eigenvalue weighted by atomic mass is 10.1. The first-order chi connectivity index (χ1) is 6.16. The van der Waals surface area contributed by atoms with Crippen LogP contribution in [0, 0.1) is 0 Å². The summed E-state index contributed by atoms with van der Waals surface area (Å²) in [6.45, 7) is 5.43. The summed E-state index contributed by atoms with van der Waals surface area (Å²) in [5.41, 5.74) is 0. The third-order valence-corrected chi connectivity index (χ3v) is 1.83. The van der Waals surface area contributed by atoms with Crippen molar-refractivity contribution in [2.24, 2.45) is 0 Å². The molecule has 0 heterocycles. The third kappa shape index (κ3) is 9.12. The highest BCUT2D eigenvalue weighted by Gasteiger charge is 2.03. The summed E-state index contributed by atoms with van der Waals surface area (Å²) < 4.78 is 5.00. The summed E-state index contributed by atoms with van der Waals surface area (Å²) in [5.74, 6) is -0.180. The number of hydrogen-bond donors (Lipinski definition) is 0. The van der Waals surface area contributed by atoms with Gasteiger partial charge in [0.1, 0.15) is 0 Å². The van der Waals surface area contributed by atoms with E-state index >= 15 is 0 Å². The zero-order valence-corrected chi connectivity index (χ0v) is 8.88. The molecule has 1 unspecified atom stereocenters. The van der Waals surface area contributed by atoms with Gasteiger partial charge in [-0.3, -0.25) is 4.79 Å². The third-order valence-electron chi connectivity index (χ3n) is 1.83. The van der Waals surface area contributed by atoms with Crippen LogP contribution in [0.15, 0.2) is 12.2 Å². The van der Waals surface area contributed by atoms with E-state index in [1.165, 1.54) is 13.3 Å². The van der Waals surface area contributed by atoms with Gasteiger partial charge in [0.2, 0.25) is 0 Å². The number of carbonyl (C=O) groups excluding carboxylic acids is 1. The lowest BCUT2D eigenvalue weighted by molar-refractivity contribution is -0.145. The first-order valence-electron chi connectivity index (χ1n) is 4.95. The molecule has 13 heavy (non-hydrogen) atoms. The van der Waals surface area contributed by atoms with Gasteiger partial charge in [-0.1, -0.05) is 12.2 Å². The monoisotopic (exact) mass is 184 g/mol. The Kier molecular flexibility index (Phi) is 7.36. The van der Waals surface area contributed by atoms with Crippen molar-refractivity contribution in [2.45, 2.75) is 52.6 Å². The van der Waals surface area contributed by atoms with E-state index in [-0.39, 0.29) is 12.1 Å². The van der Waals surface area contributed by atoms with Crippen LogP contribution in [0.5, 0.6) is 0 Å². The fourth-order valence-corrected chi connectivity index (χ4v) is 1.20. The maximum Gasteiger partial charge on any atom is 0.302 e. The van der Waals surface area contributed by atoms with Gasteiger partial charge in [-0.05, 0) is 39.5 Å². The standard InChI is InChI=1S/C11H20O2/c1-4-5-6-7-8-9-10(2)13-11(3)12/h4-5,10H,6-9H2,1-3H3. The van der Waals surface area contributed by atoms with Crippen molar-refractivity contribution in [1.29, 1.82) is 0 Å². The molecule has 0 aliphatic heterocycles. The van der Waals surface area contributed by atoms with Gasteiger partial charge in [0.25, 0.3) is 0 Å². The van der Waals surface area contributed by atoms with Crippen LogP contribution in [0.2, 0.25) is 0 Å². The molecule has 0 aliphatic carbocycles. The van der Waals surface area contributed by atoms with Crippen LogP contribution in [-0.4, -0.2) is 12.1 Å². The predicted molar refractivity (Wildman–Crippen MR) is 54.5 cm³/mol. The average molecular weight is 184 g/mol. The van der Waals surface area contributed by atoms with Gasteiger partial charge in [0.05, 0.1) is 6.10 Å². The van der Waals surface area contributed by atoms with Crippen LogP contribution in [-0.2, 0) is 9.53 Å². The van der Waals surface area contributed by atoms with E-state index in [1.54, 1.807) is 0 Å². The molecular weight excluding hydrogens is 164 g/mol. The molecule has 0 bridgehead atoms. The van der Waals surface area contributed by atoms with Crippen molar-refractivity contribution >= 4 is 5.97 Å². The maximum absolute atomic E-state index is 10.6. The van der Waals surface area contributed by atoms with Gasteiger partial charge in [0.15, 0.2) is 0 Å². The molecule has 0 rings (SSSR count). The zero-order valence-electron chi connectivity index (χ0n) is 8.88. The Morgan fingerprint density at radius 3 is 2.69 bits per heavy atom. The number of unbranched alkanes of at least 4 members (excludes halogenated alkanes) is 2. The highest BCUT2D eigenvalue weighted by molar-refractivity contribution is 5.66. The first-order valence-corrected chi connectivity index (χ1v) is 4.95. The Labute approximate surface area is 81.0 Å². The van der Waals surface area contributed by atoms with Crippen molar-refractivity contribution in [2.75, 3.05) is 0 Å². The predicted octanol–water partition coefficient (Wildman–Crippen LogP) is 3.07. The fourth-order valence-electron chi connectivity index (χ4n) is 1.20. The van der Waals surface area contributed by atoms with Crippen LogP contribution < -0.4 is 0 Å². The number of ether oxygens (including phenoxy) is 1. The smallest absolute Gasteiger partial charge is 0.302 e. The van der Waals surface area contributed by atoms with E-state index < -0.39 is 0 Å². The summed E-state index contributed by atoms with van der Waals surface area (Å²) in [7, 11) is 0. The lowest BCUT2D eigenvalue weighted by Crippen LogP contribution is -2.11. The molecule has 0 aliphatic rings. The van der Waals surface area contributed by atoms with E-state index in [9.17, 15) is 4.79 Å². The number of rotatable bonds is 6. The van der Waals surface area contributed by atoms with Crippen LogP contribution in [0.4, 0.5) is 0 Å². The first kappa shape index (κ1) is 12.2.